The van der Waals surface area contributed by atoms with E-state index in [4.69, 9.17) is 28.9 Å². The molecule has 0 aliphatic rings. The molecule has 1 aromatic carbocycles. The molecule has 0 fully saturated rings. The second-order valence-electron chi connectivity index (χ2n) is 3.50. The van der Waals surface area contributed by atoms with Crippen LogP contribution in [-0.2, 0) is 7.05 Å². The molecule has 0 radical (unpaired) electrons. The summed E-state index contributed by atoms with van der Waals surface area (Å²) in [5.41, 5.74) is 6.37. The molecule has 0 atom stereocenters. The molecule has 0 aliphatic carbocycles. The molecule has 2 aromatic rings. The molecule has 4 nitrogen and oxygen atoms in total. The van der Waals surface area contributed by atoms with Crippen molar-refractivity contribution in [2.45, 2.75) is 0 Å². The number of nitrogen functional groups attached to an aromatic ring is 1. The summed E-state index contributed by atoms with van der Waals surface area (Å²) in [5.74, 6) is 0.00846. The summed E-state index contributed by atoms with van der Waals surface area (Å²) in [4.78, 5) is 12.2. The van der Waals surface area contributed by atoms with Crippen LogP contribution in [0, 0.1) is 0 Å². The quantitative estimate of drug-likeness (QED) is 0.853. The Morgan fingerprint density at radius 1 is 1.35 bits per heavy atom. The van der Waals surface area contributed by atoms with Gasteiger partial charge >= 0.3 is 0 Å². The number of aryl methyl sites for hydroxylation is 1. The topological polar surface area (TPSA) is 60.9 Å². The second kappa shape index (κ2) is 4.39. The molecule has 0 bridgehead atoms. The first-order valence-corrected chi connectivity index (χ1v) is 5.54. The summed E-state index contributed by atoms with van der Waals surface area (Å²) >= 11 is 11.8. The molecule has 6 heteroatoms. The van der Waals surface area contributed by atoms with Crippen LogP contribution in [0.5, 0.6) is 0 Å². The minimum atomic E-state index is -0.289. The van der Waals surface area contributed by atoms with Gasteiger partial charge in [-0.15, -0.1) is 0 Å². The smallest absolute Gasteiger partial charge is 0.199 e. The van der Waals surface area contributed by atoms with E-state index >= 15 is 0 Å². The first-order valence-electron chi connectivity index (χ1n) is 4.78. The zero-order chi connectivity index (χ0) is 12.6. The fraction of sp³-hybridized carbons (Fsp3) is 0.0909. The van der Waals surface area contributed by atoms with Gasteiger partial charge in [0.1, 0.15) is 5.82 Å². The third kappa shape index (κ3) is 2.01. The van der Waals surface area contributed by atoms with Crippen LogP contribution in [0.25, 0.3) is 0 Å². The Bertz CT molecular complexity index is 592. The van der Waals surface area contributed by atoms with E-state index in [2.05, 4.69) is 5.10 Å². The standard InChI is InChI=1S/C11H9Cl2N3O/c1-16-11(14)7(5-15-16)10(17)6-3-2-4-8(12)9(6)13/h2-5H,14H2,1H3. The largest absolute Gasteiger partial charge is 0.383 e. The number of carbonyl (C=O) groups is 1. The molecular weight excluding hydrogens is 261 g/mol. The maximum absolute atomic E-state index is 12.2. The van der Waals surface area contributed by atoms with E-state index in [9.17, 15) is 4.79 Å². The Balaban J connectivity index is 2.51. The van der Waals surface area contributed by atoms with Crippen LogP contribution in [-0.4, -0.2) is 15.6 Å². The Labute approximate surface area is 108 Å². The number of nitrogens with two attached hydrogens (primary N) is 1. The van der Waals surface area contributed by atoms with Crippen LogP contribution in [0.3, 0.4) is 0 Å². The molecule has 0 unspecified atom stereocenters. The van der Waals surface area contributed by atoms with Crippen molar-refractivity contribution in [2.24, 2.45) is 7.05 Å². The van der Waals surface area contributed by atoms with E-state index in [1.54, 1.807) is 25.2 Å². The zero-order valence-corrected chi connectivity index (χ0v) is 10.5. The molecule has 0 saturated carbocycles. The number of hydrogen-bond donors (Lipinski definition) is 1. The van der Waals surface area contributed by atoms with E-state index in [0.29, 0.717) is 22.0 Å². The molecule has 0 amide bonds. The predicted molar refractivity (Wildman–Crippen MR) is 67.5 cm³/mol. The van der Waals surface area contributed by atoms with Crippen molar-refractivity contribution in [1.82, 2.24) is 9.78 Å². The van der Waals surface area contributed by atoms with Crippen molar-refractivity contribution in [3.05, 3.63) is 45.6 Å². The fourth-order valence-electron chi connectivity index (χ4n) is 1.45. The summed E-state index contributed by atoms with van der Waals surface area (Å²) in [6, 6.07) is 4.88. The van der Waals surface area contributed by atoms with E-state index in [1.807, 2.05) is 0 Å². The summed E-state index contributed by atoms with van der Waals surface area (Å²) < 4.78 is 1.42. The lowest BCUT2D eigenvalue weighted by Gasteiger charge is -2.04. The lowest BCUT2D eigenvalue weighted by molar-refractivity contribution is 0.103. The van der Waals surface area contributed by atoms with Gasteiger partial charge in [-0.1, -0.05) is 29.3 Å². The van der Waals surface area contributed by atoms with Crippen molar-refractivity contribution < 1.29 is 4.79 Å². The number of anilines is 1. The van der Waals surface area contributed by atoms with Gasteiger partial charge in [-0.3, -0.25) is 9.48 Å². The first-order chi connectivity index (χ1) is 8.02. The highest BCUT2D eigenvalue weighted by Crippen LogP contribution is 2.28. The zero-order valence-electron chi connectivity index (χ0n) is 8.95. The number of nitrogens with zero attached hydrogens (tertiary/aromatic N) is 2. The van der Waals surface area contributed by atoms with Crippen molar-refractivity contribution in [3.63, 3.8) is 0 Å². The Kier molecular flexibility index (Phi) is 3.09. The highest BCUT2D eigenvalue weighted by atomic mass is 35.5. The molecule has 0 spiro atoms. The average molecular weight is 270 g/mol. The number of ketones is 1. The van der Waals surface area contributed by atoms with Crippen molar-refractivity contribution >= 4 is 34.8 Å². The second-order valence-corrected chi connectivity index (χ2v) is 4.28. The lowest BCUT2D eigenvalue weighted by atomic mass is 10.1. The van der Waals surface area contributed by atoms with Crippen LogP contribution in [0.4, 0.5) is 5.82 Å². The number of hydrogen-bond acceptors (Lipinski definition) is 3. The van der Waals surface area contributed by atoms with Gasteiger partial charge in [0, 0.05) is 12.6 Å². The third-order valence-corrected chi connectivity index (χ3v) is 3.24. The maximum Gasteiger partial charge on any atom is 0.199 e. The van der Waals surface area contributed by atoms with Crippen molar-refractivity contribution in [3.8, 4) is 0 Å². The van der Waals surface area contributed by atoms with Gasteiger partial charge < -0.3 is 5.73 Å². The van der Waals surface area contributed by atoms with Gasteiger partial charge in [-0.25, -0.2) is 0 Å². The Morgan fingerprint density at radius 2 is 2.06 bits per heavy atom. The highest BCUT2D eigenvalue weighted by molar-refractivity contribution is 6.44. The van der Waals surface area contributed by atoms with Gasteiger partial charge in [0.2, 0.25) is 0 Å². The fourth-order valence-corrected chi connectivity index (χ4v) is 1.83. The SMILES string of the molecule is Cn1ncc(C(=O)c2cccc(Cl)c2Cl)c1N. The van der Waals surface area contributed by atoms with Crippen LogP contribution in [0.15, 0.2) is 24.4 Å². The van der Waals surface area contributed by atoms with Crippen LogP contribution in [0.2, 0.25) is 10.0 Å². The first kappa shape index (κ1) is 12.0. The summed E-state index contributed by atoms with van der Waals surface area (Å²) in [5, 5.41) is 4.47. The summed E-state index contributed by atoms with van der Waals surface area (Å²) in [7, 11) is 1.66. The van der Waals surface area contributed by atoms with E-state index < -0.39 is 0 Å². The lowest BCUT2D eigenvalue weighted by Crippen LogP contribution is -2.06. The molecule has 0 saturated heterocycles. The van der Waals surface area contributed by atoms with Gasteiger partial charge in [0.15, 0.2) is 5.78 Å². The highest BCUT2D eigenvalue weighted by Gasteiger charge is 2.19. The average Bonchev–Trinajstić information content (AvgIpc) is 2.63. The van der Waals surface area contributed by atoms with Gasteiger partial charge in [0.05, 0.1) is 21.8 Å². The monoisotopic (exact) mass is 269 g/mol. The summed E-state index contributed by atoms with van der Waals surface area (Å²) in [6.45, 7) is 0. The number of carbonyl (C=O) groups excluding carboxylic acids is 1. The minimum Gasteiger partial charge on any atom is -0.383 e. The number of rotatable bonds is 2. The van der Waals surface area contributed by atoms with Gasteiger partial charge in [0.25, 0.3) is 0 Å². The van der Waals surface area contributed by atoms with E-state index in [-0.39, 0.29) is 10.8 Å². The van der Waals surface area contributed by atoms with Crippen molar-refractivity contribution in [1.29, 1.82) is 0 Å². The molecule has 0 aliphatic heterocycles. The maximum atomic E-state index is 12.2. The summed E-state index contributed by atoms with van der Waals surface area (Å²) in [6.07, 6.45) is 1.41. The number of halogens is 2. The molecule has 2 N–H and O–H groups in total. The number of benzene rings is 1. The molecular formula is C11H9Cl2N3O. The van der Waals surface area contributed by atoms with Crippen LogP contribution >= 0.6 is 23.2 Å². The molecule has 1 heterocycles. The number of aromatic nitrogens is 2. The molecule has 88 valence electrons. The van der Waals surface area contributed by atoms with Gasteiger partial charge in [-0.05, 0) is 12.1 Å². The minimum absolute atomic E-state index is 0.224. The van der Waals surface area contributed by atoms with E-state index in [0.717, 1.165) is 0 Å². The van der Waals surface area contributed by atoms with Crippen molar-refractivity contribution in [2.75, 3.05) is 5.73 Å². The normalized spacial score (nSPS) is 10.5. The predicted octanol–water partition coefficient (Wildman–Crippen LogP) is 2.54. The van der Waals surface area contributed by atoms with E-state index in [1.165, 1.54) is 10.9 Å². The van der Waals surface area contributed by atoms with Gasteiger partial charge in [-0.2, -0.15) is 5.10 Å². The third-order valence-electron chi connectivity index (χ3n) is 2.43. The molecule has 1 aromatic heterocycles. The Hall–Kier alpha value is -1.52. The molecule has 2 rings (SSSR count). The van der Waals surface area contributed by atoms with Crippen LogP contribution in [0.1, 0.15) is 15.9 Å². The Morgan fingerprint density at radius 3 is 2.65 bits per heavy atom. The molecule has 17 heavy (non-hydrogen) atoms. The van der Waals surface area contributed by atoms with Crippen LogP contribution < -0.4 is 5.73 Å².